The zero-order valence-corrected chi connectivity index (χ0v) is 22.6. The predicted octanol–water partition coefficient (Wildman–Crippen LogP) is 4.59. The van der Waals surface area contributed by atoms with Crippen molar-refractivity contribution in [3.05, 3.63) is 105 Å². The van der Waals surface area contributed by atoms with Crippen LogP contribution in [0.3, 0.4) is 0 Å². The van der Waals surface area contributed by atoms with Crippen LogP contribution in [0.5, 0.6) is 11.5 Å². The average Bonchev–Trinajstić information content (AvgIpc) is 3.54. The monoisotopic (exact) mass is 570 g/mol. The number of hydrogen-bond acceptors (Lipinski definition) is 9. The van der Waals surface area contributed by atoms with Gasteiger partial charge in [-0.1, -0.05) is 42.5 Å². The fourth-order valence-electron chi connectivity index (χ4n) is 4.39. The summed E-state index contributed by atoms with van der Waals surface area (Å²) < 4.78 is 15.8. The second kappa shape index (κ2) is 11.4. The van der Waals surface area contributed by atoms with Gasteiger partial charge in [-0.3, -0.25) is 19.2 Å². The molecule has 0 fully saturated rings. The first-order valence-electron chi connectivity index (χ1n) is 12.2. The topological polar surface area (TPSA) is 137 Å². The Morgan fingerprint density at radius 3 is 2.12 bits per heavy atom. The summed E-state index contributed by atoms with van der Waals surface area (Å²) in [6, 6.07) is 17.1. The highest BCUT2D eigenvalue weighted by Crippen LogP contribution is 2.35. The number of ketones is 2. The molecule has 11 heteroatoms. The van der Waals surface area contributed by atoms with Gasteiger partial charge in [0, 0.05) is 28.8 Å². The van der Waals surface area contributed by atoms with Crippen LogP contribution in [-0.4, -0.2) is 50.2 Å². The van der Waals surface area contributed by atoms with Crippen molar-refractivity contribution in [3.63, 3.8) is 0 Å². The Balaban J connectivity index is 1.34. The number of thiophene rings is 1. The van der Waals surface area contributed by atoms with Gasteiger partial charge in [0.25, 0.3) is 11.8 Å². The van der Waals surface area contributed by atoms with E-state index in [1.165, 1.54) is 49.8 Å². The van der Waals surface area contributed by atoms with Crippen molar-refractivity contribution in [1.82, 2.24) is 0 Å². The number of ether oxygens (including phenoxy) is 3. The molecule has 5 rings (SSSR count). The van der Waals surface area contributed by atoms with Gasteiger partial charge in [-0.2, -0.15) is 0 Å². The van der Waals surface area contributed by atoms with Gasteiger partial charge in [0.2, 0.25) is 0 Å². The molecule has 206 valence electrons. The van der Waals surface area contributed by atoms with Crippen LogP contribution >= 0.6 is 11.3 Å². The third kappa shape index (κ3) is 5.30. The molecule has 10 nitrogen and oxygen atoms in total. The number of anilines is 2. The highest BCUT2D eigenvalue weighted by Gasteiger charge is 2.32. The Morgan fingerprint density at radius 1 is 0.756 bits per heavy atom. The van der Waals surface area contributed by atoms with Gasteiger partial charge in [0.15, 0.2) is 29.7 Å². The molecule has 1 aliphatic carbocycles. The smallest absolute Gasteiger partial charge is 0.340 e. The number of hydrogen-bond donors (Lipinski definition) is 2. The van der Waals surface area contributed by atoms with E-state index < -0.39 is 30.2 Å². The first kappa shape index (κ1) is 27.3. The van der Waals surface area contributed by atoms with E-state index in [1.54, 1.807) is 47.8 Å². The van der Waals surface area contributed by atoms with Crippen LogP contribution in [0.1, 0.15) is 51.9 Å². The van der Waals surface area contributed by atoms with Crippen LogP contribution in [0.25, 0.3) is 0 Å². The maximum Gasteiger partial charge on any atom is 0.340 e. The number of nitrogens with one attached hydrogen (secondary N) is 2. The average molecular weight is 571 g/mol. The maximum absolute atomic E-state index is 13.2. The summed E-state index contributed by atoms with van der Waals surface area (Å²) in [7, 11) is 2.79. The molecule has 0 atom stereocenters. The summed E-state index contributed by atoms with van der Waals surface area (Å²) in [5.41, 5.74) is 0.893. The summed E-state index contributed by atoms with van der Waals surface area (Å²) in [4.78, 5) is 65.1. The first-order valence-corrected chi connectivity index (χ1v) is 13.1. The second-order valence-electron chi connectivity index (χ2n) is 8.74. The van der Waals surface area contributed by atoms with E-state index in [4.69, 9.17) is 14.2 Å². The van der Waals surface area contributed by atoms with Gasteiger partial charge in [-0.25, -0.2) is 4.79 Å². The van der Waals surface area contributed by atoms with Crippen molar-refractivity contribution in [2.75, 3.05) is 31.5 Å². The standard InChI is InChI=1S/C30H22N2O8S/c1-38-22-13-19(21(14-23(22)39-2)32-29(36)24-11-6-12-41-24)30(37)40-15-25(33)31-20-10-5-9-18-26(20)28(35)17-8-4-3-7-16(17)27(18)34/h3-14H,15H2,1-2H3,(H,31,33)(H,32,36). The Morgan fingerprint density at radius 2 is 1.44 bits per heavy atom. The Hall–Kier alpha value is -5.29. The molecule has 0 radical (unpaired) electrons. The van der Waals surface area contributed by atoms with E-state index >= 15 is 0 Å². The van der Waals surface area contributed by atoms with Gasteiger partial charge in [-0.05, 0) is 17.5 Å². The normalized spacial score (nSPS) is 11.7. The van der Waals surface area contributed by atoms with Gasteiger partial charge < -0.3 is 24.8 Å². The molecule has 0 saturated heterocycles. The third-order valence-corrected chi connectivity index (χ3v) is 7.17. The minimum absolute atomic E-state index is 0.0642. The first-order chi connectivity index (χ1) is 19.8. The molecular formula is C30H22N2O8S. The summed E-state index contributed by atoms with van der Waals surface area (Å²) in [5.74, 6) is -2.37. The molecule has 0 unspecified atom stereocenters. The summed E-state index contributed by atoms with van der Waals surface area (Å²) in [6.45, 7) is -0.714. The molecule has 41 heavy (non-hydrogen) atoms. The van der Waals surface area contributed by atoms with Crippen molar-refractivity contribution >= 4 is 52.1 Å². The number of carbonyl (C=O) groups excluding carboxylic acids is 5. The fraction of sp³-hybridized carbons (Fsp3) is 0.100. The van der Waals surface area contributed by atoms with Crippen LogP contribution in [0.15, 0.2) is 72.1 Å². The van der Waals surface area contributed by atoms with Crippen molar-refractivity contribution in [3.8, 4) is 11.5 Å². The number of amides is 2. The van der Waals surface area contributed by atoms with Gasteiger partial charge in [-0.15, -0.1) is 11.3 Å². The van der Waals surface area contributed by atoms with Crippen LogP contribution in [-0.2, 0) is 9.53 Å². The van der Waals surface area contributed by atoms with E-state index in [9.17, 15) is 24.0 Å². The molecule has 0 aliphatic heterocycles. The van der Waals surface area contributed by atoms with Crippen LogP contribution in [0.4, 0.5) is 11.4 Å². The van der Waals surface area contributed by atoms with Crippen LogP contribution in [0.2, 0.25) is 0 Å². The van der Waals surface area contributed by atoms with Gasteiger partial charge >= 0.3 is 5.97 Å². The number of fused-ring (bicyclic) bond motifs is 2. The number of rotatable bonds is 8. The summed E-state index contributed by atoms with van der Waals surface area (Å²) >= 11 is 1.22. The van der Waals surface area contributed by atoms with E-state index in [1.807, 2.05) is 0 Å². The summed E-state index contributed by atoms with van der Waals surface area (Å²) in [6.07, 6.45) is 0. The summed E-state index contributed by atoms with van der Waals surface area (Å²) in [5, 5.41) is 6.97. The van der Waals surface area contributed by atoms with E-state index in [2.05, 4.69) is 10.6 Å². The van der Waals surface area contributed by atoms with Crippen molar-refractivity contribution in [2.24, 2.45) is 0 Å². The third-order valence-electron chi connectivity index (χ3n) is 6.30. The van der Waals surface area contributed by atoms with E-state index in [0.29, 0.717) is 10.4 Å². The van der Waals surface area contributed by atoms with Gasteiger partial charge in [0.05, 0.1) is 41.6 Å². The van der Waals surface area contributed by atoms with E-state index in [0.717, 1.165) is 0 Å². The Kier molecular flexibility index (Phi) is 7.61. The molecule has 4 aromatic rings. The lowest BCUT2D eigenvalue weighted by Gasteiger charge is -2.20. The lowest BCUT2D eigenvalue weighted by atomic mass is 9.83. The number of carbonyl (C=O) groups is 5. The predicted molar refractivity (Wildman–Crippen MR) is 150 cm³/mol. The maximum atomic E-state index is 13.2. The molecule has 1 aliphatic rings. The van der Waals surface area contributed by atoms with E-state index in [-0.39, 0.29) is 50.9 Å². The molecule has 2 amide bonds. The van der Waals surface area contributed by atoms with Crippen LogP contribution < -0.4 is 20.1 Å². The zero-order valence-electron chi connectivity index (χ0n) is 21.8. The molecule has 3 aromatic carbocycles. The highest BCUT2D eigenvalue weighted by atomic mass is 32.1. The van der Waals surface area contributed by atoms with Gasteiger partial charge in [0.1, 0.15) is 0 Å². The Labute approximate surface area is 237 Å². The molecule has 0 saturated carbocycles. The largest absolute Gasteiger partial charge is 0.493 e. The highest BCUT2D eigenvalue weighted by molar-refractivity contribution is 7.12. The second-order valence-corrected chi connectivity index (χ2v) is 9.69. The molecule has 0 bridgehead atoms. The van der Waals surface area contributed by atoms with Crippen molar-refractivity contribution in [1.29, 1.82) is 0 Å². The minimum Gasteiger partial charge on any atom is -0.493 e. The Bertz CT molecular complexity index is 1710. The molecular weight excluding hydrogens is 548 g/mol. The van der Waals surface area contributed by atoms with Crippen molar-refractivity contribution < 1.29 is 38.2 Å². The van der Waals surface area contributed by atoms with Crippen molar-refractivity contribution in [2.45, 2.75) is 0 Å². The fourth-order valence-corrected chi connectivity index (χ4v) is 5.01. The molecule has 0 spiro atoms. The van der Waals surface area contributed by atoms with Crippen LogP contribution in [0, 0.1) is 0 Å². The number of benzene rings is 3. The minimum atomic E-state index is -0.919. The molecule has 1 heterocycles. The number of esters is 1. The zero-order chi connectivity index (χ0) is 29.1. The SMILES string of the molecule is COc1cc(NC(=O)c2cccs2)c(C(=O)OCC(=O)Nc2cccc3c2C(=O)c2ccccc2C3=O)cc1OC. The lowest BCUT2D eigenvalue weighted by Crippen LogP contribution is -2.26. The molecule has 2 N–H and O–H groups in total. The molecule has 1 aromatic heterocycles. The lowest BCUT2D eigenvalue weighted by molar-refractivity contribution is -0.119. The quantitative estimate of drug-likeness (QED) is 0.259. The number of methoxy groups -OCH3 is 2.